The zero-order valence-corrected chi connectivity index (χ0v) is 10.9. The van der Waals surface area contributed by atoms with Gasteiger partial charge in [-0.3, -0.25) is 9.82 Å². The van der Waals surface area contributed by atoms with Crippen LogP contribution in [0.25, 0.3) is 0 Å². The lowest BCUT2D eigenvalue weighted by Gasteiger charge is -2.11. The van der Waals surface area contributed by atoms with Crippen molar-refractivity contribution >= 4 is 21.7 Å². The topological polar surface area (TPSA) is 121 Å². The molecule has 0 saturated carbocycles. The molecule has 0 aliphatic rings. The molecule has 20 heavy (non-hydrogen) atoms. The van der Waals surface area contributed by atoms with Gasteiger partial charge >= 0.3 is 5.97 Å². The number of nitrogens with one attached hydrogen (secondary N) is 2. The number of nitrogens with zero attached hydrogens (tertiary/aromatic N) is 1. The highest BCUT2D eigenvalue weighted by Crippen LogP contribution is 2.26. The van der Waals surface area contributed by atoms with E-state index >= 15 is 0 Å². The average molecular weight is 297 g/mol. The maximum atomic E-state index is 12.0. The van der Waals surface area contributed by atoms with E-state index in [1.54, 1.807) is 12.1 Å². The zero-order chi connectivity index (χ0) is 14.6. The highest BCUT2D eigenvalue weighted by atomic mass is 32.2. The van der Waals surface area contributed by atoms with E-state index in [-0.39, 0.29) is 16.5 Å². The number of aliphatic carboxylic acids is 1. The number of sulfonamides is 1. The SMILES string of the molecule is O=C(O)COc1ccccc1NS(=O)(=O)c1ccn[nH]1. The number of carboxylic acid groups (broad SMARTS) is 1. The van der Waals surface area contributed by atoms with Crippen LogP contribution in [-0.4, -0.2) is 36.3 Å². The van der Waals surface area contributed by atoms with Crippen LogP contribution in [0.4, 0.5) is 5.69 Å². The van der Waals surface area contributed by atoms with Crippen LogP contribution in [0.2, 0.25) is 0 Å². The Kier molecular flexibility index (Phi) is 3.89. The van der Waals surface area contributed by atoms with Gasteiger partial charge in [0, 0.05) is 0 Å². The van der Waals surface area contributed by atoms with Crippen LogP contribution < -0.4 is 9.46 Å². The summed E-state index contributed by atoms with van der Waals surface area (Å²) in [5, 5.41) is 14.4. The standard InChI is InChI=1S/C11H11N3O5S/c15-11(16)7-19-9-4-2-1-3-8(9)14-20(17,18)10-5-6-12-13-10/h1-6,14H,7H2,(H,12,13)(H,15,16). The third-order valence-electron chi connectivity index (χ3n) is 2.25. The summed E-state index contributed by atoms with van der Waals surface area (Å²) in [6.45, 7) is -0.567. The quantitative estimate of drug-likeness (QED) is 0.720. The number of hydrogen-bond acceptors (Lipinski definition) is 5. The molecule has 1 heterocycles. The highest BCUT2D eigenvalue weighted by Gasteiger charge is 2.17. The van der Waals surface area contributed by atoms with Gasteiger partial charge in [0.05, 0.1) is 11.9 Å². The van der Waals surface area contributed by atoms with Crippen LogP contribution in [0.15, 0.2) is 41.6 Å². The Morgan fingerprint density at radius 3 is 2.75 bits per heavy atom. The smallest absolute Gasteiger partial charge is 0.341 e. The molecule has 0 aliphatic heterocycles. The van der Waals surface area contributed by atoms with Crippen molar-refractivity contribution in [2.45, 2.75) is 5.03 Å². The molecular formula is C11H11N3O5S. The van der Waals surface area contributed by atoms with E-state index in [4.69, 9.17) is 9.84 Å². The molecule has 2 rings (SSSR count). The van der Waals surface area contributed by atoms with Gasteiger partial charge in [0.1, 0.15) is 5.75 Å². The molecule has 0 aliphatic carbocycles. The molecule has 1 aromatic carbocycles. The Balaban J connectivity index is 2.23. The van der Waals surface area contributed by atoms with Crippen molar-refractivity contribution in [2.24, 2.45) is 0 Å². The predicted molar refractivity (Wildman–Crippen MR) is 69.0 cm³/mol. The third-order valence-corrected chi connectivity index (χ3v) is 3.54. The summed E-state index contributed by atoms with van der Waals surface area (Å²) in [5.41, 5.74) is 0.142. The fraction of sp³-hybridized carbons (Fsp3) is 0.0909. The van der Waals surface area contributed by atoms with Crippen molar-refractivity contribution in [3.8, 4) is 5.75 Å². The van der Waals surface area contributed by atoms with Gasteiger partial charge < -0.3 is 9.84 Å². The Morgan fingerprint density at radius 2 is 2.10 bits per heavy atom. The number of carbonyl (C=O) groups is 1. The lowest BCUT2D eigenvalue weighted by atomic mass is 10.3. The van der Waals surface area contributed by atoms with E-state index < -0.39 is 22.6 Å². The first-order valence-corrected chi connectivity index (χ1v) is 6.93. The molecule has 0 radical (unpaired) electrons. The van der Waals surface area contributed by atoms with Gasteiger partial charge in [0.25, 0.3) is 10.0 Å². The highest BCUT2D eigenvalue weighted by molar-refractivity contribution is 7.92. The number of carboxylic acids is 1. The average Bonchev–Trinajstić information content (AvgIpc) is 2.92. The number of H-pyrrole nitrogens is 1. The van der Waals surface area contributed by atoms with E-state index in [0.29, 0.717) is 0 Å². The van der Waals surface area contributed by atoms with Gasteiger partial charge in [-0.15, -0.1) is 0 Å². The predicted octanol–water partition coefficient (Wildman–Crippen LogP) is 0.674. The first-order chi connectivity index (χ1) is 9.49. The molecule has 0 bridgehead atoms. The second-order valence-electron chi connectivity index (χ2n) is 3.70. The van der Waals surface area contributed by atoms with Gasteiger partial charge in [-0.1, -0.05) is 12.1 Å². The summed E-state index contributed by atoms with van der Waals surface area (Å²) in [6, 6.07) is 7.42. The van der Waals surface area contributed by atoms with Crippen molar-refractivity contribution in [2.75, 3.05) is 11.3 Å². The summed E-state index contributed by atoms with van der Waals surface area (Å²) in [7, 11) is -3.83. The molecule has 106 valence electrons. The van der Waals surface area contributed by atoms with Crippen molar-refractivity contribution in [1.29, 1.82) is 0 Å². The molecule has 0 spiro atoms. The van der Waals surface area contributed by atoms with Gasteiger partial charge in [0.2, 0.25) is 0 Å². The number of para-hydroxylation sites is 2. The Hall–Kier alpha value is -2.55. The Labute approximate surface area is 114 Å². The van der Waals surface area contributed by atoms with Crippen LogP contribution in [0, 0.1) is 0 Å². The monoisotopic (exact) mass is 297 g/mol. The minimum atomic E-state index is -3.83. The molecule has 1 aromatic heterocycles. The number of anilines is 1. The second-order valence-corrected chi connectivity index (χ2v) is 5.36. The molecule has 0 unspecified atom stereocenters. The van der Waals surface area contributed by atoms with Crippen molar-refractivity contribution < 1.29 is 23.1 Å². The van der Waals surface area contributed by atoms with Gasteiger partial charge in [0.15, 0.2) is 11.6 Å². The van der Waals surface area contributed by atoms with Gasteiger partial charge in [-0.25, -0.2) is 4.79 Å². The molecule has 0 fully saturated rings. The van der Waals surface area contributed by atoms with Crippen LogP contribution in [-0.2, 0) is 14.8 Å². The minimum Gasteiger partial charge on any atom is -0.480 e. The normalized spacial score (nSPS) is 11.0. The number of rotatable bonds is 6. The first-order valence-electron chi connectivity index (χ1n) is 5.45. The minimum absolute atomic E-state index is 0.106. The molecule has 8 nitrogen and oxygen atoms in total. The number of ether oxygens (including phenoxy) is 1. The molecule has 9 heteroatoms. The van der Waals surface area contributed by atoms with E-state index in [1.807, 2.05) is 0 Å². The van der Waals surface area contributed by atoms with Crippen LogP contribution in [0.3, 0.4) is 0 Å². The molecule has 0 saturated heterocycles. The lowest BCUT2D eigenvalue weighted by Crippen LogP contribution is -2.15. The van der Waals surface area contributed by atoms with Gasteiger partial charge in [-0.05, 0) is 18.2 Å². The summed E-state index contributed by atoms with van der Waals surface area (Å²) < 4.78 is 31.3. The largest absolute Gasteiger partial charge is 0.480 e. The Bertz CT molecular complexity index is 697. The summed E-state index contributed by atoms with van der Waals surface area (Å²) in [4.78, 5) is 10.5. The van der Waals surface area contributed by atoms with E-state index in [2.05, 4.69) is 14.9 Å². The van der Waals surface area contributed by atoms with Gasteiger partial charge in [-0.2, -0.15) is 13.5 Å². The maximum Gasteiger partial charge on any atom is 0.341 e. The second kappa shape index (κ2) is 5.61. The molecule has 2 aromatic rings. The van der Waals surface area contributed by atoms with Crippen molar-refractivity contribution in [1.82, 2.24) is 10.2 Å². The van der Waals surface area contributed by atoms with Crippen LogP contribution in [0.1, 0.15) is 0 Å². The summed E-state index contributed by atoms with van der Waals surface area (Å²) >= 11 is 0. The maximum absolute atomic E-state index is 12.0. The number of hydrogen-bond donors (Lipinski definition) is 3. The number of benzene rings is 1. The van der Waals surface area contributed by atoms with Crippen molar-refractivity contribution in [3.63, 3.8) is 0 Å². The Morgan fingerprint density at radius 1 is 1.35 bits per heavy atom. The molecule has 3 N–H and O–H groups in total. The van der Waals surface area contributed by atoms with E-state index in [1.165, 1.54) is 24.4 Å². The molecule has 0 amide bonds. The van der Waals surface area contributed by atoms with E-state index in [0.717, 1.165) is 0 Å². The molecular weight excluding hydrogens is 286 g/mol. The third kappa shape index (κ3) is 3.26. The fourth-order valence-corrected chi connectivity index (χ4v) is 2.39. The molecule has 0 atom stereocenters. The number of aromatic nitrogens is 2. The van der Waals surface area contributed by atoms with Crippen LogP contribution in [0.5, 0.6) is 5.75 Å². The summed E-state index contributed by atoms with van der Waals surface area (Å²) in [6.07, 6.45) is 1.31. The van der Waals surface area contributed by atoms with Crippen LogP contribution >= 0.6 is 0 Å². The van der Waals surface area contributed by atoms with Crippen molar-refractivity contribution in [3.05, 3.63) is 36.5 Å². The number of aromatic amines is 1. The summed E-state index contributed by atoms with van der Waals surface area (Å²) in [5.74, 6) is -1.03. The zero-order valence-electron chi connectivity index (χ0n) is 10.1. The fourth-order valence-electron chi connectivity index (χ4n) is 1.41. The lowest BCUT2D eigenvalue weighted by molar-refractivity contribution is -0.139. The van der Waals surface area contributed by atoms with E-state index in [9.17, 15) is 13.2 Å². The first kappa shape index (κ1) is 13.9.